The summed E-state index contributed by atoms with van der Waals surface area (Å²) in [6, 6.07) is 12.7. The molecule has 1 aliphatic carbocycles. The molecule has 1 aliphatic heterocycles. The highest BCUT2D eigenvalue weighted by Gasteiger charge is 2.44. The van der Waals surface area contributed by atoms with Crippen molar-refractivity contribution in [2.24, 2.45) is 0 Å². The molecule has 3 N–H and O–H groups in total. The molecule has 0 spiro atoms. The number of aliphatic hydroxyl groups excluding tert-OH is 3. The van der Waals surface area contributed by atoms with Crippen LogP contribution in [0.1, 0.15) is 39.5 Å². The molecule has 0 unspecified atom stereocenters. The zero-order chi connectivity index (χ0) is 19.8. The number of hydrogen-bond acceptors (Lipinski definition) is 5. The van der Waals surface area contributed by atoms with Crippen molar-refractivity contribution in [2.45, 2.75) is 54.4 Å². The van der Waals surface area contributed by atoms with Gasteiger partial charge in [-0.1, -0.05) is 59.0 Å². The summed E-state index contributed by atoms with van der Waals surface area (Å²) in [4.78, 5) is 0. The molecule has 5 nitrogen and oxygen atoms in total. The predicted octanol–water partition coefficient (Wildman–Crippen LogP) is 2.44. The minimum absolute atomic E-state index is 0.762. The van der Waals surface area contributed by atoms with Crippen LogP contribution in [0.2, 0.25) is 0 Å². The zero-order valence-electron chi connectivity index (χ0n) is 15.7. The second-order valence-electron chi connectivity index (χ2n) is 7.57. The van der Waals surface area contributed by atoms with Gasteiger partial charge in [0.25, 0.3) is 0 Å². The SMILES string of the molecule is CO[C@H]1O[C@@H](c2ccc(CI)c(Cc3ccc4c(c3)CC4)c2)[C@H](O)[C@@H](O)[C@@H]1O. The zero-order valence-corrected chi connectivity index (χ0v) is 17.9. The van der Waals surface area contributed by atoms with Crippen LogP contribution in [0.25, 0.3) is 0 Å². The molecule has 0 bridgehead atoms. The molecule has 2 aromatic rings. The number of methoxy groups -OCH3 is 1. The molecule has 0 saturated carbocycles. The maximum Gasteiger partial charge on any atom is 0.186 e. The van der Waals surface area contributed by atoms with E-state index in [0.717, 1.165) is 22.8 Å². The van der Waals surface area contributed by atoms with Gasteiger partial charge in [0.05, 0.1) is 0 Å². The summed E-state index contributed by atoms with van der Waals surface area (Å²) in [6.45, 7) is 0. The highest BCUT2D eigenvalue weighted by molar-refractivity contribution is 14.1. The van der Waals surface area contributed by atoms with E-state index in [1.165, 1.54) is 41.3 Å². The third-order valence-electron chi connectivity index (χ3n) is 5.83. The number of benzene rings is 2. The van der Waals surface area contributed by atoms with Gasteiger partial charge in [-0.05, 0) is 52.6 Å². The van der Waals surface area contributed by atoms with E-state index in [9.17, 15) is 15.3 Å². The van der Waals surface area contributed by atoms with Gasteiger partial charge in [-0.2, -0.15) is 0 Å². The molecule has 2 aromatic carbocycles. The number of aliphatic hydroxyl groups is 3. The van der Waals surface area contributed by atoms with Crippen LogP contribution < -0.4 is 0 Å². The van der Waals surface area contributed by atoms with Crippen LogP contribution in [0.5, 0.6) is 0 Å². The molecular formula is C22H25IO5. The lowest BCUT2D eigenvalue weighted by molar-refractivity contribution is -0.292. The second kappa shape index (κ2) is 8.38. The van der Waals surface area contributed by atoms with Gasteiger partial charge in [0, 0.05) is 11.5 Å². The first kappa shape index (κ1) is 20.3. The van der Waals surface area contributed by atoms with E-state index in [0.29, 0.717) is 0 Å². The molecule has 2 aliphatic rings. The molecule has 1 fully saturated rings. The maximum absolute atomic E-state index is 10.5. The number of fused-ring (bicyclic) bond motifs is 1. The Morgan fingerprint density at radius 3 is 2.39 bits per heavy atom. The Balaban J connectivity index is 1.63. The fourth-order valence-corrected chi connectivity index (χ4v) is 4.76. The van der Waals surface area contributed by atoms with Gasteiger partial charge >= 0.3 is 0 Å². The highest BCUT2D eigenvalue weighted by atomic mass is 127. The van der Waals surface area contributed by atoms with E-state index >= 15 is 0 Å². The maximum atomic E-state index is 10.5. The van der Waals surface area contributed by atoms with Crippen molar-refractivity contribution in [2.75, 3.05) is 7.11 Å². The molecule has 150 valence electrons. The average Bonchev–Trinajstić information content (AvgIpc) is 2.68. The number of halogens is 1. The van der Waals surface area contributed by atoms with Gasteiger partial charge in [0.2, 0.25) is 0 Å². The Bertz CT molecular complexity index is 853. The smallest absolute Gasteiger partial charge is 0.186 e. The number of aryl methyl sites for hydroxylation is 2. The topological polar surface area (TPSA) is 79.2 Å². The largest absolute Gasteiger partial charge is 0.387 e. The second-order valence-corrected chi connectivity index (χ2v) is 8.34. The van der Waals surface area contributed by atoms with Crippen molar-refractivity contribution in [3.63, 3.8) is 0 Å². The van der Waals surface area contributed by atoms with Crippen LogP contribution in [0.4, 0.5) is 0 Å². The summed E-state index contributed by atoms with van der Waals surface area (Å²) < 4.78 is 11.8. The Labute approximate surface area is 178 Å². The Hall–Kier alpha value is -1.03. The summed E-state index contributed by atoms with van der Waals surface area (Å²) >= 11 is 2.36. The fourth-order valence-electron chi connectivity index (χ4n) is 4.01. The van der Waals surface area contributed by atoms with Crippen LogP contribution in [0.3, 0.4) is 0 Å². The van der Waals surface area contributed by atoms with Crippen LogP contribution in [-0.4, -0.2) is 47.0 Å². The van der Waals surface area contributed by atoms with Crippen molar-refractivity contribution in [3.05, 3.63) is 69.8 Å². The number of alkyl halides is 1. The number of hydrogen-bond donors (Lipinski definition) is 3. The van der Waals surface area contributed by atoms with Gasteiger partial charge in [-0.3, -0.25) is 0 Å². The number of rotatable bonds is 5. The third-order valence-corrected chi connectivity index (χ3v) is 6.66. The summed E-state index contributed by atoms with van der Waals surface area (Å²) in [5.41, 5.74) is 7.35. The van der Waals surface area contributed by atoms with Gasteiger partial charge in [0.1, 0.15) is 24.4 Å². The van der Waals surface area contributed by atoms with E-state index in [1.807, 2.05) is 18.2 Å². The van der Waals surface area contributed by atoms with Gasteiger partial charge in [0.15, 0.2) is 6.29 Å². The third kappa shape index (κ3) is 3.74. The molecule has 5 atom stereocenters. The van der Waals surface area contributed by atoms with Crippen molar-refractivity contribution < 1.29 is 24.8 Å². The van der Waals surface area contributed by atoms with Crippen LogP contribution in [0, 0.1) is 0 Å². The summed E-state index contributed by atoms with van der Waals surface area (Å²) in [5, 5.41) is 30.6. The lowest BCUT2D eigenvalue weighted by Gasteiger charge is -2.40. The van der Waals surface area contributed by atoms with Gasteiger partial charge in [-0.25, -0.2) is 0 Å². The lowest BCUT2D eigenvalue weighted by atomic mass is 9.85. The first-order valence-electron chi connectivity index (χ1n) is 9.52. The van der Waals surface area contributed by atoms with E-state index < -0.39 is 30.7 Å². The molecule has 0 aromatic heterocycles. The normalized spacial score (nSPS) is 29.2. The molecule has 0 radical (unpaired) electrons. The standard InChI is InChI=1S/C22H25IO5/c1-27-22-20(26)18(24)19(25)21(28-22)15-6-7-16(11-23)17(10-15)9-12-2-3-13-4-5-14(13)8-12/h2-3,6-8,10,18-22,24-26H,4-5,9,11H2,1H3/t18-,19-,20+,21+,22+/m1/s1. The number of ether oxygens (including phenoxy) is 2. The summed E-state index contributed by atoms with van der Waals surface area (Å²) in [7, 11) is 1.41. The predicted molar refractivity (Wildman–Crippen MR) is 113 cm³/mol. The fraction of sp³-hybridized carbons (Fsp3) is 0.455. The van der Waals surface area contributed by atoms with Crippen LogP contribution in [0.15, 0.2) is 36.4 Å². The molecule has 0 amide bonds. The minimum Gasteiger partial charge on any atom is -0.387 e. The average molecular weight is 496 g/mol. The van der Waals surface area contributed by atoms with E-state index in [4.69, 9.17) is 9.47 Å². The first-order chi connectivity index (χ1) is 13.5. The molecule has 6 heteroatoms. The van der Waals surface area contributed by atoms with Crippen molar-refractivity contribution >= 4 is 22.6 Å². The van der Waals surface area contributed by atoms with Crippen molar-refractivity contribution in [1.29, 1.82) is 0 Å². The molecule has 1 heterocycles. The Morgan fingerprint density at radius 2 is 1.75 bits per heavy atom. The van der Waals surface area contributed by atoms with E-state index in [2.05, 4.69) is 40.8 Å². The van der Waals surface area contributed by atoms with Crippen LogP contribution >= 0.6 is 22.6 Å². The van der Waals surface area contributed by atoms with Crippen LogP contribution in [-0.2, 0) is 33.2 Å². The van der Waals surface area contributed by atoms with Gasteiger partial charge < -0.3 is 24.8 Å². The molecule has 28 heavy (non-hydrogen) atoms. The van der Waals surface area contributed by atoms with Crippen molar-refractivity contribution in [3.8, 4) is 0 Å². The molecular weight excluding hydrogens is 471 g/mol. The monoisotopic (exact) mass is 496 g/mol. The first-order valence-corrected chi connectivity index (χ1v) is 11.0. The molecule has 1 saturated heterocycles. The minimum atomic E-state index is -1.33. The summed E-state index contributed by atoms with van der Waals surface area (Å²) in [5.74, 6) is 0. The van der Waals surface area contributed by atoms with E-state index in [-0.39, 0.29) is 0 Å². The summed E-state index contributed by atoms with van der Waals surface area (Å²) in [6.07, 6.45) is -2.45. The quantitative estimate of drug-likeness (QED) is 0.438. The van der Waals surface area contributed by atoms with E-state index in [1.54, 1.807) is 0 Å². The molecule has 4 rings (SSSR count). The Kier molecular flexibility index (Phi) is 6.06. The lowest BCUT2D eigenvalue weighted by Crippen LogP contribution is -2.54. The van der Waals surface area contributed by atoms with Gasteiger partial charge in [-0.15, -0.1) is 0 Å². The Morgan fingerprint density at radius 1 is 0.964 bits per heavy atom. The highest BCUT2D eigenvalue weighted by Crippen LogP contribution is 2.34. The van der Waals surface area contributed by atoms with Crippen molar-refractivity contribution in [1.82, 2.24) is 0 Å².